The van der Waals surface area contributed by atoms with Crippen molar-refractivity contribution >= 4 is 11.6 Å². The van der Waals surface area contributed by atoms with Gasteiger partial charge in [0.15, 0.2) is 0 Å². The van der Waals surface area contributed by atoms with Crippen LogP contribution in [0.5, 0.6) is 0 Å². The number of hydrogen-bond donors (Lipinski definition) is 1. The third kappa shape index (κ3) is 3.09. The predicted octanol–water partition coefficient (Wildman–Crippen LogP) is 2.13. The molecule has 0 spiro atoms. The Kier molecular flexibility index (Phi) is 3.84. The van der Waals surface area contributed by atoms with Gasteiger partial charge >= 0.3 is 0 Å². The van der Waals surface area contributed by atoms with Crippen molar-refractivity contribution in [2.75, 3.05) is 29.9 Å². The minimum absolute atomic E-state index is 0.267. The summed E-state index contributed by atoms with van der Waals surface area (Å²) < 4.78 is 5.73. The maximum atomic E-state index is 5.73. The van der Waals surface area contributed by atoms with Crippen molar-refractivity contribution in [3.63, 3.8) is 0 Å². The first-order chi connectivity index (χ1) is 8.19. The molecular weight excluding hydrogens is 214 g/mol. The van der Waals surface area contributed by atoms with Crippen molar-refractivity contribution in [3.05, 3.63) is 18.2 Å². The van der Waals surface area contributed by atoms with E-state index in [4.69, 9.17) is 4.74 Å². The number of nitrogens with zero attached hydrogens (tertiary/aromatic N) is 2. The second-order valence-corrected chi connectivity index (χ2v) is 4.57. The van der Waals surface area contributed by atoms with Crippen molar-refractivity contribution < 1.29 is 4.74 Å². The van der Waals surface area contributed by atoms with E-state index in [0.717, 1.165) is 31.3 Å². The van der Waals surface area contributed by atoms with Gasteiger partial charge in [0.25, 0.3) is 0 Å². The van der Waals surface area contributed by atoms with E-state index < -0.39 is 0 Å². The summed E-state index contributed by atoms with van der Waals surface area (Å²) in [7, 11) is 0. The molecular formula is C13H21N3O. The van der Waals surface area contributed by atoms with E-state index in [2.05, 4.69) is 42.0 Å². The highest BCUT2D eigenvalue weighted by Crippen LogP contribution is 2.19. The number of rotatable bonds is 3. The summed E-state index contributed by atoms with van der Waals surface area (Å²) in [5.41, 5.74) is 0. The van der Waals surface area contributed by atoms with E-state index in [-0.39, 0.29) is 12.2 Å². The topological polar surface area (TPSA) is 37.4 Å². The molecule has 0 radical (unpaired) electrons. The number of ether oxygens (including phenoxy) is 1. The van der Waals surface area contributed by atoms with Crippen LogP contribution in [0.25, 0.3) is 0 Å². The third-order valence-electron chi connectivity index (χ3n) is 2.84. The summed E-state index contributed by atoms with van der Waals surface area (Å²) >= 11 is 0. The van der Waals surface area contributed by atoms with Gasteiger partial charge in [-0.1, -0.05) is 6.07 Å². The Hall–Kier alpha value is -1.29. The third-order valence-corrected chi connectivity index (χ3v) is 2.84. The summed E-state index contributed by atoms with van der Waals surface area (Å²) in [4.78, 5) is 6.91. The van der Waals surface area contributed by atoms with Crippen LogP contribution in [0.3, 0.4) is 0 Å². The van der Waals surface area contributed by atoms with Gasteiger partial charge in [0.1, 0.15) is 11.6 Å². The molecule has 94 valence electrons. The largest absolute Gasteiger partial charge is 0.372 e. The molecule has 2 rings (SSSR count). The second-order valence-electron chi connectivity index (χ2n) is 4.57. The normalized spacial score (nSPS) is 24.8. The summed E-state index contributed by atoms with van der Waals surface area (Å²) in [5, 5.41) is 3.24. The molecule has 0 saturated carbocycles. The minimum atomic E-state index is 0.267. The molecule has 2 atom stereocenters. The van der Waals surface area contributed by atoms with Gasteiger partial charge in [-0.2, -0.15) is 0 Å². The average Bonchev–Trinajstić information content (AvgIpc) is 2.28. The molecule has 0 aliphatic carbocycles. The van der Waals surface area contributed by atoms with Crippen LogP contribution in [0.4, 0.5) is 11.6 Å². The van der Waals surface area contributed by atoms with E-state index in [0.29, 0.717) is 0 Å². The molecule has 2 heterocycles. The molecule has 1 aromatic rings. The molecule has 1 aliphatic heterocycles. The van der Waals surface area contributed by atoms with Crippen molar-refractivity contribution in [1.29, 1.82) is 0 Å². The van der Waals surface area contributed by atoms with Crippen molar-refractivity contribution in [2.45, 2.75) is 33.0 Å². The number of hydrogen-bond acceptors (Lipinski definition) is 4. The SMILES string of the molecule is CCNc1cccc(N2CC(C)OC(C)C2)n1. The summed E-state index contributed by atoms with van der Waals surface area (Å²) in [6.45, 7) is 9.01. The fourth-order valence-corrected chi connectivity index (χ4v) is 2.24. The zero-order chi connectivity index (χ0) is 12.3. The molecule has 1 saturated heterocycles. The van der Waals surface area contributed by atoms with Crippen LogP contribution in [0, 0.1) is 0 Å². The number of aromatic nitrogens is 1. The number of anilines is 2. The van der Waals surface area contributed by atoms with Gasteiger partial charge in [0, 0.05) is 19.6 Å². The molecule has 1 aliphatic rings. The average molecular weight is 235 g/mol. The lowest BCUT2D eigenvalue weighted by atomic mass is 10.2. The molecule has 0 amide bonds. The van der Waals surface area contributed by atoms with Crippen LogP contribution in [0.2, 0.25) is 0 Å². The monoisotopic (exact) mass is 235 g/mol. The molecule has 1 N–H and O–H groups in total. The van der Waals surface area contributed by atoms with Crippen LogP contribution in [0.15, 0.2) is 18.2 Å². The summed E-state index contributed by atoms with van der Waals surface area (Å²) in [6.07, 6.45) is 0.534. The Bertz CT molecular complexity index is 359. The standard InChI is InChI=1S/C13H21N3O/c1-4-14-12-6-5-7-13(15-12)16-8-10(2)17-11(3)9-16/h5-7,10-11H,4,8-9H2,1-3H3,(H,14,15). The van der Waals surface area contributed by atoms with Crippen LogP contribution in [-0.2, 0) is 4.74 Å². The van der Waals surface area contributed by atoms with E-state index in [1.807, 2.05) is 12.1 Å². The van der Waals surface area contributed by atoms with Gasteiger partial charge in [-0.3, -0.25) is 0 Å². The van der Waals surface area contributed by atoms with Crippen molar-refractivity contribution in [2.24, 2.45) is 0 Å². The highest BCUT2D eigenvalue weighted by atomic mass is 16.5. The fourth-order valence-electron chi connectivity index (χ4n) is 2.24. The smallest absolute Gasteiger partial charge is 0.131 e. The molecule has 1 aromatic heterocycles. The number of nitrogens with one attached hydrogen (secondary N) is 1. The van der Waals surface area contributed by atoms with E-state index in [9.17, 15) is 0 Å². The zero-order valence-corrected chi connectivity index (χ0v) is 10.8. The molecule has 0 aromatic carbocycles. The second kappa shape index (κ2) is 5.36. The first-order valence-electron chi connectivity index (χ1n) is 6.30. The number of morpholine rings is 1. The first kappa shape index (κ1) is 12.2. The van der Waals surface area contributed by atoms with Crippen LogP contribution < -0.4 is 10.2 Å². The Morgan fingerprint density at radius 1 is 1.35 bits per heavy atom. The van der Waals surface area contributed by atoms with Gasteiger partial charge in [-0.15, -0.1) is 0 Å². The van der Waals surface area contributed by atoms with Crippen LogP contribution in [0.1, 0.15) is 20.8 Å². The van der Waals surface area contributed by atoms with E-state index >= 15 is 0 Å². The first-order valence-corrected chi connectivity index (χ1v) is 6.30. The minimum Gasteiger partial charge on any atom is -0.372 e. The zero-order valence-electron chi connectivity index (χ0n) is 10.8. The fraction of sp³-hybridized carbons (Fsp3) is 0.615. The van der Waals surface area contributed by atoms with Gasteiger partial charge < -0.3 is 15.0 Å². The summed E-state index contributed by atoms with van der Waals surface area (Å²) in [5.74, 6) is 1.97. The summed E-state index contributed by atoms with van der Waals surface area (Å²) in [6, 6.07) is 6.11. The van der Waals surface area contributed by atoms with Gasteiger partial charge in [0.05, 0.1) is 12.2 Å². The maximum Gasteiger partial charge on any atom is 0.131 e. The van der Waals surface area contributed by atoms with Gasteiger partial charge in [-0.25, -0.2) is 4.98 Å². The Morgan fingerprint density at radius 2 is 2.06 bits per heavy atom. The Labute approximate surface area is 103 Å². The van der Waals surface area contributed by atoms with Gasteiger partial charge in [0.2, 0.25) is 0 Å². The Morgan fingerprint density at radius 3 is 2.71 bits per heavy atom. The van der Waals surface area contributed by atoms with Crippen molar-refractivity contribution in [3.8, 4) is 0 Å². The molecule has 4 heteroatoms. The molecule has 0 bridgehead atoms. The highest BCUT2D eigenvalue weighted by Gasteiger charge is 2.23. The molecule has 17 heavy (non-hydrogen) atoms. The van der Waals surface area contributed by atoms with E-state index in [1.54, 1.807) is 0 Å². The predicted molar refractivity (Wildman–Crippen MR) is 70.6 cm³/mol. The molecule has 1 fully saturated rings. The quantitative estimate of drug-likeness (QED) is 0.871. The lowest BCUT2D eigenvalue weighted by molar-refractivity contribution is -0.00545. The maximum absolute atomic E-state index is 5.73. The lowest BCUT2D eigenvalue weighted by Gasteiger charge is -2.36. The van der Waals surface area contributed by atoms with Gasteiger partial charge in [-0.05, 0) is 32.9 Å². The highest BCUT2D eigenvalue weighted by molar-refractivity contribution is 5.47. The van der Waals surface area contributed by atoms with Crippen LogP contribution in [-0.4, -0.2) is 36.8 Å². The molecule has 4 nitrogen and oxygen atoms in total. The van der Waals surface area contributed by atoms with Crippen LogP contribution >= 0.6 is 0 Å². The lowest BCUT2D eigenvalue weighted by Crippen LogP contribution is -2.45. The Balaban J connectivity index is 2.12. The molecule has 2 unspecified atom stereocenters. The number of pyridine rings is 1. The van der Waals surface area contributed by atoms with E-state index in [1.165, 1.54) is 0 Å². The van der Waals surface area contributed by atoms with Crippen molar-refractivity contribution in [1.82, 2.24) is 4.98 Å².